The van der Waals surface area contributed by atoms with E-state index in [1.807, 2.05) is 7.05 Å². The third-order valence-corrected chi connectivity index (χ3v) is 4.39. The number of piperazine rings is 1. The number of hydrogen-bond donors (Lipinski definition) is 1. The predicted octanol–water partition coefficient (Wildman–Crippen LogP) is 1.58. The average Bonchev–Trinajstić information content (AvgIpc) is 2.46. The average molecular weight is 261 g/mol. The molecule has 19 heavy (non-hydrogen) atoms. The maximum Gasteiger partial charge on any atom is 0.134 e. The minimum Gasteiger partial charge on any atom is -0.373 e. The highest BCUT2D eigenvalue weighted by Crippen LogP contribution is 2.27. The summed E-state index contributed by atoms with van der Waals surface area (Å²) in [5, 5.41) is 3.09. The monoisotopic (exact) mass is 261 g/mol. The van der Waals surface area contributed by atoms with Crippen molar-refractivity contribution in [3.05, 3.63) is 12.4 Å². The molecule has 3 rings (SSSR count). The molecule has 2 saturated heterocycles. The Kier molecular flexibility index (Phi) is 3.55. The summed E-state index contributed by atoms with van der Waals surface area (Å²) >= 11 is 0. The molecule has 0 aromatic carbocycles. The van der Waals surface area contributed by atoms with E-state index < -0.39 is 0 Å². The van der Waals surface area contributed by atoms with Crippen LogP contribution in [0.25, 0.3) is 0 Å². The lowest BCUT2D eigenvalue weighted by atomic mass is 9.97. The van der Waals surface area contributed by atoms with Crippen molar-refractivity contribution in [2.24, 2.45) is 0 Å². The van der Waals surface area contributed by atoms with Crippen LogP contribution >= 0.6 is 0 Å². The van der Waals surface area contributed by atoms with Crippen LogP contribution < -0.4 is 10.2 Å². The van der Waals surface area contributed by atoms with E-state index in [1.54, 1.807) is 6.33 Å². The molecule has 0 aliphatic carbocycles. The van der Waals surface area contributed by atoms with E-state index in [9.17, 15) is 0 Å². The summed E-state index contributed by atoms with van der Waals surface area (Å²) in [5.74, 6) is 1.94. The van der Waals surface area contributed by atoms with Crippen molar-refractivity contribution in [3.63, 3.8) is 0 Å². The Balaban J connectivity index is 1.79. The van der Waals surface area contributed by atoms with Crippen LogP contribution in [0.4, 0.5) is 11.6 Å². The van der Waals surface area contributed by atoms with Crippen molar-refractivity contribution in [2.45, 2.75) is 38.3 Å². The van der Waals surface area contributed by atoms with Gasteiger partial charge in [-0.05, 0) is 26.3 Å². The SMILES string of the molecule is CNc1cc(N2CC3CCCCN3CC2C)ncn1. The zero-order valence-electron chi connectivity index (χ0n) is 11.8. The molecule has 2 aliphatic rings. The molecule has 5 nitrogen and oxygen atoms in total. The molecule has 2 aliphatic heterocycles. The van der Waals surface area contributed by atoms with Crippen LogP contribution in [0.15, 0.2) is 12.4 Å². The fourth-order valence-electron chi connectivity index (χ4n) is 3.31. The fourth-order valence-corrected chi connectivity index (χ4v) is 3.31. The van der Waals surface area contributed by atoms with Gasteiger partial charge in [-0.2, -0.15) is 0 Å². The summed E-state index contributed by atoms with van der Waals surface area (Å²) < 4.78 is 0. The molecule has 2 unspecified atom stereocenters. The number of fused-ring (bicyclic) bond motifs is 1. The third-order valence-electron chi connectivity index (χ3n) is 4.39. The van der Waals surface area contributed by atoms with Crippen molar-refractivity contribution >= 4 is 11.6 Å². The lowest BCUT2D eigenvalue weighted by Gasteiger charge is -2.48. The summed E-state index contributed by atoms with van der Waals surface area (Å²) in [6.07, 6.45) is 5.71. The van der Waals surface area contributed by atoms with Crippen LogP contribution in [0, 0.1) is 0 Å². The van der Waals surface area contributed by atoms with E-state index in [0.29, 0.717) is 12.1 Å². The number of nitrogens with one attached hydrogen (secondary N) is 1. The van der Waals surface area contributed by atoms with E-state index in [0.717, 1.165) is 24.7 Å². The van der Waals surface area contributed by atoms with E-state index in [1.165, 1.54) is 25.8 Å². The summed E-state index contributed by atoms with van der Waals surface area (Å²) in [4.78, 5) is 13.8. The van der Waals surface area contributed by atoms with Gasteiger partial charge in [-0.25, -0.2) is 9.97 Å². The molecule has 1 aromatic rings. The molecule has 5 heteroatoms. The molecule has 2 fully saturated rings. The van der Waals surface area contributed by atoms with Gasteiger partial charge in [0.2, 0.25) is 0 Å². The molecule has 0 saturated carbocycles. The first-order valence-corrected chi connectivity index (χ1v) is 7.28. The molecule has 0 amide bonds. The van der Waals surface area contributed by atoms with Crippen LogP contribution in [0.1, 0.15) is 26.2 Å². The summed E-state index contributed by atoms with van der Waals surface area (Å²) in [6, 6.07) is 3.28. The largest absolute Gasteiger partial charge is 0.373 e. The van der Waals surface area contributed by atoms with Crippen molar-refractivity contribution in [1.29, 1.82) is 0 Å². The normalized spacial score (nSPS) is 28.0. The molecular weight excluding hydrogens is 238 g/mol. The highest BCUT2D eigenvalue weighted by molar-refractivity contribution is 5.49. The Morgan fingerprint density at radius 3 is 3.00 bits per heavy atom. The lowest BCUT2D eigenvalue weighted by Crippen LogP contribution is -2.59. The van der Waals surface area contributed by atoms with Crippen LogP contribution in [-0.4, -0.2) is 53.6 Å². The molecule has 0 spiro atoms. The van der Waals surface area contributed by atoms with Crippen LogP contribution in [0.3, 0.4) is 0 Å². The maximum atomic E-state index is 4.46. The summed E-state index contributed by atoms with van der Waals surface area (Å²) in [7, 11) is 1.90. The quantitative estimate of drug-likeness (QED) is 0.875. The summed E-state index contributed by atoms with van der Waals surface area (Å²) in [6.45, 7) is 5.82. The number of hydrogen-bond acceptors (Lipinski definition) is 5. The van der Waals surface area contributed by atoms with Gasteiger partial charge in [-0.15, -0.1) is 0 Å². The van der Waals surface area contributed by atoms with Gasteiger partial charge < -0.3 is 10.2 Å². The van der Waals surface area contributed by atoms with Crippen molar-refractivity contribution in [1.82, 2.24) is 14.9 Å². The van der Waals surface area contributed by atoms with Gasteiger partial charge in [0.15, 0.2) is 0 Å². The highest BCUT2D eigenvalue weighted by Gasteiger charge is 2.33. The van der Waals surface area contributed by atoms with Crippen LogP contribution in [0.5, 0.6) is 0 Å². The topological polar surface area (TPSA) is 44.3 Å². The van der Waals surface area contributed by atoms with Gasteiger partial charge in [0.1, 0.15) is 18.0 Å². The highest BCUT2D eigenvalue weighted by atomic mass is 15.3. The number of anilines is 2. The second-order valence-corrected chi connectivity index (χ2v) is 5.66. The van der Waals surface area contributed by atoms with E-state index in [4.69, 9.17) is 0 Å². The smallest absolute Gasteiger partial charge is 0.134 e. The summed E-state index contributed by atoms with van der Waals surface area (Å²) in [5.41, 5.74) is 0. The minimum absolute atomic E-state index is 0.522. The van der Waals surface area contributed by atoms with Crippen LogP contribution in [-0.2, 0) is 0 Å². The second-order valence-electron chi connectivity index (χ2n) is 5.66. The predicted molar refractivity (Wildman–Crippen MR) is 77.6 cm³/mol. The Bertz CT molecular complexity index is 436. The third kappa shape index (κ3) is 2.52. The van der Waals surface area contributed by atoms with Gasteiger partial charge in [0.25, 0.3) is 0 Å². The molecule has 2 atom stereocenters. The molecular formula is C14H23N5. The van der Waals surface area contributed by atoms with Gasteiger partial charge >= 0.3 is 0 Å². The zero-order chi connectivity index (χ0) is 13.2. The number of aromatic nitrogens is 2. The Morgan fingerprint density at radius 1 is 1.26 bits per heavy atom. The molecule has 104 valence electrons. The van der Waals surface area contributed by atoms with Crippen molar-refractivity contribution < 1.29 is 0 Å². The standard InChI is InChI=1S/C14H23N5/c1-11-8-18-6-4-3-5-12(18)9-19(11)14-7-13(15-2)16-10-17-14/h7,10-12H,3-6,8-9H2,1-2H3,(H,15,16,17). The van der Waals surface area contributed by atoms with Gasteiger partial charge in [0, 0.05) is 38.3 Å². The second kappa shape index (κ2) is 5.33. The lowest BCUT2D eigenvalue weighted by molar-refractivity contribution is 0.115. The van der Waals surface area contributed by atoms with E-state index in [2.05, 4.69) is 38.1 Å². The molecule has 1 N–H and O–H groups in total. The van der Waals surface area contributed by atoms with Gasteiger partial charge in [0.05, 0.1) is 0 Å². The van der Waals surface area contributed by atoms with Crippen molar-refractivity contribution in [2.75, 3.05) is 36.9 Å². The van der Waals surface area contributed by atoms with E-state index in [-0.39, 0.29) is 0 Å². The Morgan fingerprint density at radius 2 is 2.16 bits per heavy atom. The maximum absolute atomic E-state index is 4.46. The first kappa shape index (κ1) is 12.7. The number of rotatable bonds is 2. The first-order valence-electron chi connectivity index (χ1n) is 7.28. The minimum atomic E-state index is 0.522. The van der Waals surface area contributed by atoms with E-state index >= 15 is 0 Å². The molecule has 0 bridgehead atoms. The fraction of sp³-hybridized carbons (Fsp3) is 0.714. The zero-order valence-corrected chi connectivity index (χ0v) is 11.8. The Hall–Kier alpha value is -1.36. The van der Waals surface area contributed by atoms with Crippen molar-refractivity contribution in [3.8, 4) is 0 Å². The number of piperidine rings is 1. The van der Waals surface area contributed by atoms with Crippen LogP contribution in [0.2, 0.25) is 0 Å². The number of nitrogens with zero attached hydrogens (tertiary/aromatic N) is 4. The Labute approximate surface area is 115 Å². The molecule has 0 radical (unpaired) electrons. The van der Waals surface area contributed by atoms with Gasteiger partial charge in [-0.1, -0.05) is 6.42 Å². The molecule has 3 heterocycles. The molecule has 1 aromatic heterocycles. The van der Waals surface area contributed by atoms with Gasteiger partial charge in [-0.3, -0.25) is 4.90 Å². The first-order chi connectivity index (χ1) is 9.28.